The number of hydrogen-bond donors (Lipinski definition) is 2. The van der Waals surface area contributed by atoms with Crippen molar-refractivity contribution in [2.45, 2.75) is 38.1 Å². The number of nitrogens with one attached hydrogen (secondary N) is 2. The van der Waals surface area contributed by atoms with E-state index in [1.165, 1.54) is 17.4 Å². The normalized spacial score (nSPS) is 19.8. The summed E-state index contributed by atoms with van der Waals surface area (Å²) in [4.78, 5) is 26.8. The molecule has 2 N–H and O–H groups in total. The molecule has 1 aliphatic heterocycles. The molecule has 0 saturated carbocycles. The summed E-state index contributed by atoms with van der Waals surface area (Å²) in [5.74, 6) is -0.605. The molecule has 0 radical (unpaired) electrons. The van der Waals surface area contributed by atoms with Crippen molar-refractivity contribution < 1.29 is 18.0 Å². The minimum Gasteiger partial charge on any atom is -0.348 e. The van der Waals surface area contributed by atoms with E-state index in [9.17, 15) is 18.0 Å². The maximum atomic E-state index is 13.1. The van der Waals surface area contributed by atoms with Gasteiger partial charge in [-0.1, -0.05) is 29.8 Å². The molecule has 6 nitrogen and oxygen atoms in total. The van der Waals surface area contributed by atoms with Gasteiger partial charge in [0.1, 0.15) is 5.00 Å². The van der Waals surface area contributed by atoms with Crippen LogP contribution in [0.4, 0.5) is 5.00 Å². The van der Waals surface area contributed by atoms with Crippen LogP contribution < -0.4 is 10.6 Å². The highest BCUT2D eigenvalue weighted by atomic mass is 35.5. The zero-order valence-electron chi connectivity index (χ0n) is 16.8. The molecule has 2 amide bonds. The van der Waals surface area contributed by atoms with E-state index in [0.29, 0.717) is 22.0 Å². The highest BCUT2D eigenvalue weighted by molar-refractivity contribution is 7.91. The second-order valence-electron chi connectivity index (χ2n) is 7.83. The van der Waals surface area contributed by atoms with Gasteiger partial charge in [0.05, 0.1) is 17.1 Å². The Balaban J connectivity index is 1.54. The SMILES string of the molecule is O=C(/C=C/c1ccccc1Cl)Nc1sc2c(c1C(=O)NC1CCS(=O)(=O)C1)CCCC2. The Morgan fingerprint density at radius 3 is 2.68 bits per heavy atom. The minimum atomic E-state index is -3.10. The predicted molar refractivity (Wildman–Crippen MR) is 125 cm³/mol. The van der Waals surface area contributed by atoms with Gasteiger partial charge in [-0.15, -0.1) is 11.3 Å². The van der Waals surface area contributed by atoms with Gasteiger partial charge in [0.15, 0.2) is 9.84 Å². The fraction of sp³-hybridized carbons (Fsp3) is 0.364. The summed E-state index contributed by atoms with van der Waals surface area (Å²) < 4.78 is 23.5. The number of aryl methyl sites for hydroxylation is 1. The average molecular weight is 479 g/mol. The van der Waals surface area contributed by atoms with Gasteiger partial charge in [0.2, 0.25) is 5.91 Å². The van der Waals surface area contributed by atoms with Crippen LogP contribution in [0.2, 0.25) is 5.02 Å². The van der Waals surface area contributed by atoms with Crippen molar-refractivity contribution in [2.24, 2.45) is 0 Å². The molecule has 164 valence electrons. The first-order valence-electron chi connectivity index (χ1n) is 10.2. The second kappa shape index (κ2) is 9.14. The van der Waals surface area contributed by atoms with Crippen LogP contribution in [0.25, 0.3) is 6.08 Å². The Morgan fingerprint density at radius 2 is 1.94 bits per heavy atom. The van der Waals surface area contributed by atoms with Gasteiger partial charge < -0.3 is 10.6 Å². The number of halogens is 1. The van der Waals surface area contributed by atoms with Crippen molar-refractivity contribution in [1.82, 2.24) is 5.32 Å². The van der Waals surface area contributed by atoms with Gasteiger partial charge in [0, 0.05) is 22.0 Å². The largest absolute Gasteiger partial charge is 0.348 e. The van der Waals surface area contributed by atoms with Gasteiger partial charge in [-0.25, -0.2) is 8.42 Å². The predicted octanol–water partition coefficient (Wildman–Crippen LogP) is 3.85. The Hall–Kier alpha value is -2.16. The fourth-order valence-corrected chi connectivity index (χ4v) is 7.15. The molecule has 31 heavy (non-hydrogen) atoms. The summed E-state index contributed by atoms with van der Waals surface area (Å²) in [7, 11) is -3.10. The average Bonchev–Trinajstić information content (AvgIpc) is 3.26. The smallest absolute Gasteiger partial charge is 0.254 e. The van der Waals surface area contributed by atoms with Crippen molar-refractivity contribution in [3.63, 3.8) is 0 Å². The molecular weight excluding hydrogens is 456 g/mol. The molecule has 2 aromatic rings. The molecule has 1 unspecified atom stereocenters. The number of anilines is 1. The topological polar surface area (TPSA) is 92.3 Å². The molecule has 1 fully saturated rings. The van der Waals surface area contributed by atoms with Gasteiger partial charge in [-0.3, -0.25) is 9.59 Å². The third kappa shape index (κ3) is 5.19. The van der Waals surface area contributed by atoms with E-state index in [4.69, 9.17) is 11.6 Å². The first-order chi connectivity index (χ1) is 14.8. The maximum Gasteiger partial charge on any atom is 0.254 e. The van der Waals surface area contributed by atoms with Crippen LogP contribution in [0.5, 0.6) is 0 Å². The zero-order chi connectivity index (χ0) is 22.0. The van der Waals surface area contributed by atoms with Gasteiger partial charge in [-0.05, 0) is 55.4 Å². The lowest BCUT2D eigenvalue weighted by molar-refractivity contribution is -0.111. The van der Waals surface area contributed by atoms with Crippen LogP contribution in [-0.2, 0) is 27.5 Å². The van der Waals surface area contributed by atoms with E-state index in [1.807, 2.05) is 18.2 Å². The lowest BCUT2D eigenvalue weighted by atomic mass is 9.95. The third-order valence-electron chi connectivity index (χ3n) is 5.52. The van der Waals surface area contributed by atoms with Crippen molar-refractivity contribution >= 4 is 55.7 Å². The summed E-state index contributed by atoms with van der Waals surface area (Å²) in [6.07, 6.45) is 7.14. The van der Waals surface area contributed by atoms with Gasteiger partial charge in [0.25, 0.3) is 5.91 Å². The van der Waals surface area contributed by atoms with Gasteiger partial charge in [-0.2, -0.15) is 0 Å². The highest BCUT2D eigenvalue weighted by Crippen LogP contribution is 2.38. The maximum absolute atomic E-state index is 13.1. The Bertz CT molecular complexity index is 1150. The van der Waals surface area contributed by atoms with E-state index >= 15 is 0 Å². The molecule has 9 heteroatoms. The number of thiophene rings is 1. The van der Waals surface area contributed by atoms with Crippen molar-refractivity contribution in [3.8, 4) is 0 Å². The quantitative estimate of drug-likeness (QED) is 0.638. The molecule has 1 aromatic heterocycles. The molecule has 0 bridgehead atoms. The first kappa shape index (κ1) is 22.0. The second-order valence-corrected chi connectivity index (χ2v) is 11.6. The van der Waals surface area contributed by atoms with Crippen molar-refractivity contribution in [1.29, 1.82) is 0 Å². The van der Waals surface area contributed by atoms with E-state index in [2.05, 4.69) is 10.6 Å². The summed E-state index contributed by atoms with van der Waals surface area (Å²) in [5, 5.41) is 6.78. The van der Waals surface area contributed by atoms with Crippen LogP contribution >= 0.6 is 22.9 Å². The monoisotopic (exact) mass is 478 g/mol. The third-order valence-corrected chi connectivity index (χ3v) is 8.84. The van der Waals surface area contributed by atoms with E-state index in [1.54, 1.807) is 12.1 Å². The minimum absolute atomic E-state index is 0.0344. The fourth-order valence-electron chi connectivity index (χ4n) is 3.99. The van der Waals surface area contributed by atoms with Crippen molar-refractivity contribution in [2.75, 3.05) is 16.8 Å². The molecule has 1 aromatic carbocycles. The number of benzene rings is 1. The number of sulfone groups is 1. The molecule has 1 saturated heterocycles. The summed E-state index contributed by atoms with van der Waals surface area (Å²) in [5.41, 5.74) is 2.17. The zero-order valence-corrected chi connectivity index (χ0v) is 19.2. The van der Waals surface area contributed by atoms with E-state index in [0.717, 1.165) is 41.7 Å². The van der Waals surface area contributed by atoms with E-state index in [-0.39, 0.29) is 29.4 Å². The van der Waals surface area contributed by atoms with Crippen LogP contribution in [0, 0.1) is 0 Å². The molecular formula is C22H23ClN2O4S2. The molecule has 2 aliphatic rings. The van der Waals surface area contributed by atoms with E-state index < -0.39 is 9.84 Å². The van der Waals surface area contributed by atoms with Gasteiger partial charge >= 0.3 is 0 Å². The lowest BCUT2D eigenvalue weighted by Crippen LogP contribution is -2.36. The number of hydrogen-bond acceptors (Lipinski definition) is 5. The Labute approximate surface area is 190 Å². The summed E-state index contributed by atoms with van der Waals surface area (Å²) in [6, 6.07) is 6.82. The van der Waals surface area contributed by atoms with Crippen LogP contribution in [0.3, 0.4) is 0 Å². The Kier molecular flexibility index (Phi) is 6.50. The Morgan fingerprint density at radius 1 is 1.16 bits per heavy atom. The number of fused-ring (bicyclic) bond motifs is 1. The first-order valence-corrected chi connectivity index (χ1v) is 13.2. The molecule has 1 aliphatic carbocycles. The number of amides is 2. The van der Waals surface area contributed by atoms with Crippen LogP contribution in [0.15, 0.2) is 30.3 Å². The standard InChI is InChI=1S/C22H23ClN2O4S2/c23-17-7-3-1-5-14(17)9-10-19(26)25-22-20(16-6-2-4-8-18(16)30-22)21(27)24-15-11-12-31(28,29)13-15/h1,3,5,7,9-10,15H,2,4,6,8,11-13H2,(H,24,27)(H,25,26)/b10-9+. The number of carbonyl (C=O) groups is 2. The number of carbonyl (C=O) groups excluding carboxylic acids is 2. The highest BCUT2D eigenvalue weighted by Gasteiger charge is 2.32. The molecule has 1 atom stereocenters. The summed E-state index contributed by atoms with van der Waals surface area (Å²) in [6.45, 7) is 0. The lowest BCUT2D eigenvalue weighted by Gasteiger charge is -2.15. The number of rotatable bonds is 5. The van der Waals surface area contributed by atoms with Crippen molar-refractivity contribution in [3.05, 3.63) is 56.9 Å². The summed E-state index contributed by atoms with van der Waals surface area (Å²) >= 11 is 7.56. The molecule has 0 spiro atoms. The van der Waals surface area contributed by atoms with Crippen LogP contribution in [-0.4, -0.2) is 37.8 Å². The molecule has 4 rings (SSSR count). The molecule has 2 heterocycles. The van der Waals surface area contributed by atoms with Crippen LogP contribution in [0.1, 0.15) is 45.6 Å².